The minimum absolute atomic E-state index is 0. The molecule has 0 aliphatic rings. The van der Waals surface area contributed by atoms with E-state index in [2.05, 4.69) is 0 Å². The average Bonchev–Trinajstić information content (AvgIpc) is 2.18. The van der Waals surface area contributed by atoms with Gasteiger partial charge in [-0.1, -0.05) is 12.1 Å². The van der Waals surface area contributed by atoms with Crippen LogP contribution in [-0.2, 0) is 0 Å². The van der Waals surface area contributed by atoms with Crippen molar-refractivity contribution in [3.05, 3.63) is 39.9 Å². The average molecular weight is 235 g/mol. The van der Waals surface area contributed by atoms with Crippen molar-refractivity contribution in [2.24, 2.45) is 5.73 Å². The Morgan fingerprint density at radius 1 is 1.53 bits per heavy atom. The molecule has 0 aliphatic carbocycles. The van der Waals surface area contributed by atoms with Gasteiger partial charge in [0.25, 0.3) is 5.69 Å². The molecule has 1 rings (SSSR count). The lowest BCUT2D eigenvalue weighted by molar-refractivity contribution is -0.384. The van der Waals surface area contributed by atoms with Gasteiger partial charge in [-0.25, -0.2) is 0 Å². The molecule has 0 saturated carbocycles. The molecule has 1 aromatic carbocycles. The Balaban J connectivity index is 0.00000196. The minimum atomic E-state index is -0.524. The van der Waals surface area contributed by atoms with Crippen LogP contribution in [0.2, 0.25) is 0 Å². The third-order valence-electron chi connectivity index (χ3n) is 1.93. The molecular formula is C9H12ClFN2O2. The van der Waals surface area contributed by atoms with Gasteiger partial charge in [-0.05, 0) is 12.0 Å². The van der Waals surface area contributed by atoms with Gasteiger partial charge in [0.2, 0.25) is 0 Å². The van der Waals surface area contributed by atoms with Gasteiger partial charge in [0.05, 0.1) is 11.6 Å². The molecule has 0 aromatic heterocycles. The predicted octanol–water partition coefficient (Wildman–Crippen LogP) is 2.38. The van der Waals surface area contributed by atoms with E-state index in [9.17, 15) is 14.5 Å². The quantitative estimate of drug-likeness (QED) is 0.642. The van der Waals surface area contributed by atoms with Crippen LogP contribution in [0.4, 0.5) is 10.1 Å². The molecule has 1 atom stereocenters. The van der Waals surface area contributed by atoms with E-state index in [-0.39, 0.29) is 24.5 Å². The maximum atomic E-state index is 12.0. The van der Waals surface area contributed by atoms with Crippen molar-refractivity contribution in [2.45, 2.75) is 12.5 Å². The van der Waals surface area contributed by atoms with E-state index in [1.807, 2.05) is 0 Å². The van der Waals surface area contributed by atoms with Gasteiger partial charge in [0, 0.05) is 18.2 Å². The van der Waals surface area contributed by atoms with Crippen LogP contribution in [0.25, 0.3) is 0 Å². The minimum Gasteiger partial charge on any atom is -0.324 e. The summed E-state index contributed by atoms with van der Waals surface area (Å²) in [4.78, 5) is 9.93. The number of benzene rings is 1. The monoisotopic (exact) mass is 234 g/mol. The number of halogens is 2. The SMILES string of the molecule is Cl.N[C@H](CCF)c1cccc([N+](=O)[O-])c1. The van der Waals surface area contributed by atoms with Crippen molar-refractivity contribution in [2.75, 3.05) is 6.67 Å². The van der Waals surface area contributed by atoms with Gasteiger partial charge < -0.3 is 5.73 Å². The molecule has 15 heavy (non-hydrogen) atoms. The largest absolute Gasteiger partial charge is 0.324 e. The van der Waals surface area contributed by atoms with Crippen LogP contribution in [0.3, 0.4) is 0 Å². The molecule has 0 fully saturated rings. The van der Waals surface area contributed by atoms with E-state index >= 15 is 0 Å². The summed E-state index contributed by atoms with van der Waals surface area (Å²) in [6.07, 6.45) is 0.182. The highest BCUT2D eigenvalue weighted by Crippen LogP contribution is 2.19. The highest BCUT2D eigenvalue weighted by atomic mass is 35.5. The standard InChI is InChI=1S/C9H11FN2O2.ClH/c10-5-4-9(11)7-2-1-3-8(6-7)12(13)14;/h1-3,6,9H,4-5,11H2;1H/t9-;/m1./s1. The molecule has 0 aliphatic heterocycles. The van der Waals surface area contributed by atoms with Crippen LogP contribution in [-0.4, -0.2) is 11.6 Å². The summed E-state index contributed by atoms with van der Waals surface area (Å²) in [7, 11) is 0. The zero-order valence-corrected chi connectivity index (χ0v) is 8.74. The first-order valence-corrected chi connectivity index (χ1v) is 4.21. The van der Waals surface area contributed by atoms with E-state index in [1.165, 1.54) is 12.1 Å². The van der Waals surface area contributed by atoms with Crippen molar-refractivity contribution in [1.82, 2.24) is 0 Å². The summed E-state index contributed by atoms with van der Waals surface area (Å²) in [5.41, 5.74) is 6.19. The number of hydrogen-bond acceptors (Lipinski definition) is 3. The topological polar surface area (TPSA) is 69.2 Å². The second kappa shape index (κ2) is 6.31. The number of rotatable bonds is 4. The second-order valence-electron chi connectivity index (χ2n) is 2.94. The molecular weight excluding hydrogens is 223 g/mol. The predicted molar refractivity (Wildman–Crippen MR) is 57.9 cm³/mol. The summed E-state index contributed by atoms with van der Waals surface area (Å²) < 4.78 is 12.0. The molecule has 6 heteroatoms. The van der Waals surface area contributed by atoms with Crippen LogP contribution < -0.4 is 5.73 Å². The van der Waals surface area contributed by atoms with Crippen LogP contribution >= 0.6 is 12.4 Å². The fraction of sp³-hybridized carbons (Fsp3) is 0.333. The number of hydrogen-bond donors (Lipinski definition) is 1. The smallest absolute Gasteiger partial charge is 0.269 e. The summed E-state index contributed by atoms with van der Waals surface area (Å²) in [6, 6.07) is 5.49. The maximum Gasteiger partial charge on any atom is 0.269 e. The van der Waals surface area contributed by atoms with E-state index in [0.717, 1.165) is 0 Å². The molecule has 4 nitrogen and oxygen atoms in total. The first-order valence-electron chi connectivity index (χ1n) is 4.21. The van der Waals surface area contributed by atoms with Crippen LogP contribution in [0.5, 0.6) is 0 Å². The fourth-order valence-corrected chi connectivity index (χ4v) is 1.15. The van der Waals surface area contributed by atoms with Gasteiger partial charge in [0.15, 0.2) is 0 Å². The third-order valence-corrected chi connectivity index (χ3v) is 1.93. The molecule has 0 saturated heterocycles. The Kier molecular flexibility index (Phi) is 5.81. The van der Waals surface area contributed by atoms with Crippen LogP contribution in [0, 0.1) is 10.1 Å². The molecule has 1 aromatic rings. The Hall–Kier alpha value is -1.20. The lowest BCUT2D eigenvalue weighted by Crippen LogP contribution is -2.11. The highest BCUT2D eigenvalue weighted by molar-refractivity contribution is 5.85. The van der Waals surface area contributed by atoms with Gasteiger partial charge in [-0.3, -0.25) is 14.5 Å². The zero-order valence-electron chi connectivity index (χ0n) is 7.93. The van der Waals surface area contributed by atoms with Gasteiger partial charge in [0.1, 0.15) is 0 Å². The number of nitro groups is 1. The van der Waals surface area contributed by atoms with Crippen molar-refractivity contribution in [3.8, 4) is 0 Å². The maximum absolute atomic E-state index is 12.0. The van der Waals surface area contributed by atoms with Crippen molar-refractivity contribution in [3.63, 3.8) is 0 Å². The van der Waals surface area contributed by atoms with E-state index in [1.54, 1.807) is 12.1 Å². The van der Waals surface area contributed by atoms with Gasteiger partial charge >= 0.3 is 0 Å². The molecule has 0 spiro atoms. The lowest BCUT2D eigenvalue weighted by Gasteiger charge is -2.08. The number of nitrogens with zero attached hydrogens (tertiary/aromatic N) is 1. The van der Waals surface area contributed by atoms with Crippen LogP contribution in [0.15, 0.2) is 24.3 Å². The van der Waals surface area contributed by atoms with Crippen molar-refractivity contribution < 1.29 is 9.31 Å². The summed E-state index contributed by atoms with van der Waals surface area (Å²) in [5.74, 6) is 0. The highest BCUT2D eigenvalue weighted by Gasteiger charge is 2.10. The number of alkyl halides is 1. The molecule has 2 N–H and O–H groups in total. The molecule has 84 valence electrons. The second-order valence-corrected chi connectivity index (χ2v) is 2.94. The normalized spacial score (nSPS) is 11.6. The van der Waals surface area contributed by atoms with Gasteiger partial charge in [-0.15, -0.1) is 12.4 Å². The molecule has 0 unspecified atom stereocenters. The van der Waals surface area contributed by atoms with Crippen LogP contribution in [0.1, 0.15) is 18.0 Å². The first-order chi connectivity index (χ1) is 6.65. The van der Waals surface area contributed by atoms with Gasteiger partial charge in [-0.2, -0.15) is 0 Å². The summed E-state index contributed by atoms with van der Waals surface area (Å²) in [6.45, 7) is -0.524. The number of nitrogens with two attached hydrogens (primary N) is 1. The van der Waals surface area contributed by atoms with E-state index in [0.29, 0.717) is 5.56 Å². The Morgan fingerprint density at radius 2 is 2.20 bits per heavy atom. The fourth-order valence-electron chi connectivity index (χ4n) is 1.15. The Morgan fingerprint density at radius 3 is 2.73 bits per heavy atom. The summed E-state index contributed by atoms with van der Waals surface area (Å²) >= 11 is 0. The summed E-state index contributed by atoms with van der Waals surface area (Å²) in [5, 5.41) is 10.4. The molecule has 0 amide bonds. The lowest BCUT2D eigenvalue weighted by atomic mass is 10.0. The number of nitro benzene ring substituents is 1. The Bertz CT molecular complexity index is 336. The Labute approximate surface area is 92.8 Å². The first kappa shape index (κ1) is 13.8. The van der Waals surface area contributed by atoms with E-state index < -0.39 is 17.6 Å². The molecule has 0 radical (unpaired) electrons. The number of non-ortho nitro benzene ring substituents is 1. The molecule has 0 bridgehead atoms. The van der Waals surface area contributed by atoms with E-state index in [4.69, 9.17) is 5.73 Å². The zero-order chi connectivity index (χ0) is 10.6. The van der Waals surface area contributed by atoms with Crippen molar-refractivity contribution in [1.29, 1.82) is 0 Å². The third kappa shape index (κ3) is 3.81. The van der Waals surface area contributed by atoms with Crippen molar-refractivity contribution >= 4 is 18.1 Å². The molecule has 0 heterocycles.